The largest absolute Gasteiger partial charge is 0.398 e. The van der Waals surface area contributed by atoms with E-state index in [1.54, 1.807) is 13.0 Å². The molecule has 4 nitrogen and oxygen atoms in total. The molecule has 0 saturated heterocycles. The summed E-state index contributed by atoms with van der Waals surface area (Å²) in [5.74, 6) is 0.488. The molecule has 0 unspecified atom stereocenters. The molecule has 0 bridgehead atoms. The predicted octanol–water partition coefficient (Wildman–Crippen LogP) is 2.99. The summed E-state index contributed by atoms with van der Waals surface area (Å²) in [5.41, 5.74) is 9.32. The minimum Gasteiger partial charge on any atom is -0.398 e. The van der Waals surface area contributed by atoms with Crippen LogP contribution in [-0.2, 0) is 0 Å². The SMILES string of the molecule is Cc1c(-c2ccccc2)nc(-c2ccccc2N)[nH]c1=O. The van der Waals surface area contributed by atoms with Gasteiger partial charge in [-0.05, 0) is 19.1 Å². The van der Waals surface area contributed by atoms with E-state index in [0.717, 1.165) is 11.1 Å². The van der Waals surface area contributed by atoms with Crippen molar-refractivity contribution in [3.8, 4) is 22.6 Å². The molecule has 0 spiro atoms. The molecule has 0 amide bonds. The number of nitrogen functional groups attached to an aromatic ring is 1. The number of nitrogens with two attached hydrogens (primary N) is 1. The third-order valence-corrected chi connectivity index (χ3v) is 3.41. The van der Waals surface area contributed by atoms with Crippen molar-refractivity contribution in [1.29, 1.82) is 0 Å². The quantitative estimate of drug-likeness (QED) is 0.707. The van der Waals surface area contributed by atoms with Crippen LogP contribution in [0.5, 0.6) is 0 Å². The molecular formula is C17H15N3O. The van der Waals surface area contributed by atoms with Gasteiger partial charge in [0.15, 0.2) is 0 Å². The third kappa shape index (κ3) is 2.43. The van der Waals surface area contributed by atoms with E-state index >= 15 is 0 Å². The van der Waals surface area contributed by atoms with Crippen molar-refractivity contribution in [3.05, 3.63) is 70.5 Å². The van der Waals surface area contributed by atoms with Gasteiger partial charge < -0.3 is 10.7 Å². The van der Waals surface area contributed by atoms with Gasteiger partial charge in [-0.2, -0.15) is 0 Å². The van der Waals surface area contributed by atoms with E-state index < -0.39 is 0 Å². The fourth-order valence-electron chi connectivity index (χ4n) is 2.25. The summed E-state index contributed by atoms with van der Waals surface area (Å²) >= 11 is 0. The monoisotopic (exact) mass is 277 g/mol. The summed E-state index contributed by atoms with van der Waals surface area (Å²) in [6.45, 7) is 1.77. The van der Waals surface area contributed by atoms with E-state index in [9.17, 15) is 4.79 Å². The highest BCUT2D eigenvalue weighted by Gasteiger charge is 2.12. The van der Waals surface area contributed by atoms with Gasteiger partial charge in [-0.15, -0.1) is 0 Å². The number of rotatable bonds is 2. The zero-order chi connectivity index (χ0) is 14.8. The number of hydrogen-bond acceptors (Lipinski definition) is 3. The fourth-order valence-corrected chi connectivity index (χ4v) is 2.25. The topological polar surface area (TPSA) is 71.8 Å². The lowest BCUT2D eigenvalue weighted by molar-refractivity contribution is 1.09. The van der Waals surface area contributed by atoms with Crippen LogP contribution in [0.3, 0.4) is 0 Å². The van der Waals surface area contributed by atoms with Gasteiger partial charge in [-0.3, -0.25) is 4.79 Å². The molecule has 0 radical (unpaired) electrons. The Labute approximate surface area is 122 Å². The zero-order valence-electron chi connectivity index (χ0n) is 11.6. The lowest BCUT2D eigenvalue weighted by atomic mass is 10.1. The molecule has 1 heterocycles. The highest BCUT2D eigenvalue weighted by atomic mass is 16.1. The van der Waals surface area contributed by atoms with E-state index in [4.69, 9.17) is 5.73 Å². The van der Waals surface area contributed by atoms with Crippen LogP contribution < -0.4 is 11.3 Å². The first-order valence-corrected chi connectivity index (χ1v) is 6.68. The number of nitrogens with one attached hydrogen (secondary N) is 1. The van der Waals surface area contributed by atoms with Crippen LogP contribution in [0.15, 0.2) is 59.4 Å². The number of nitrogens with zero attached hydrogens (tertiary/aromatic N) is 1. The summed E-state index contributed by atoms with van der Waals surface area (Å²) in [6, 6.07) is 17.0. The van der Waals surface area contributed by atoms with Crippen LogP contribution in [0.4, 0.5) is 5.69 Å². The summed E-state index contributed by atoms with van der Waals surface area (Å²) < 4.78 is 0. The average molecular weight is 277 g/mol. The maximum atomic E-state index is 12.2. The molecular weight excluding hydrogens is 262 g/mol. The minimum atomic E-state index is -0.151. The number of aromatic amines is 1. The van der Waals surface area contributed by atoms with Crippen molar-refractivity contribution in [2.75, 3.05) is 5.73 Å². The minimum absolute atomic E-state index is 0.151. The molecule has 2 aromatic carbocycles. The van der Waals surface area contributed by atoms with Gasteiger partial charge in [0.2, 0.25) is 0 Å². The van der Waals surface area contributed by atoms with Gasteiger partial charge in [0, 0.05) is 22.4 Å². The molecule has 104 valence electrons. The number of benzene rings is 2. The highest BCUT2D eigenvalue weighted by molar-refractivity contribution is 5.73. The second kappa shape index (κ2) is 5.25. The molecule has 1 aromatic heterocycles. The van der Waals surface area contributed by atoms with Gasteiger partial charge in [-0.25, -0.2) is 4.98 Å². The molecule has 21 heavy (non-hydrogen) atoms. The molecule has 3 N–H and O–H groups in total. The van der Waals surface area contributed by atoms with Crippen molar-refractivity contribution >= 4 is 5.69 Å². The number of H-pyrrole nitrogens is 1. The van der Waals surface area contributed by atoms with Crippen molar-refractivity contribution in [1.82, 2.24) is 9.97 Å². The maximum absolute atomic E-state index is 12.2. The number of aromatic nitrogens is 2. The Morgan fingerprint density at radius 3 is 2.38 bits per heavy atom. The summed E-state index contributed by atoms with van der Waals surface area (Å²) in [4.78, 5) is 19.6. The Morgan fingerprint density at radius 1 is 1.00 bits per heavy atom. The zero-order valence-corrected chi connectivity index (χ0v) is 11.6. The third-order valence-electron chi connectivity index (χ3n) is 3.41. The maximum Gasteiger partial charge on any atom is 0.254 e. The van der Waals surface area contributed by atoms with Gasteiger partial charge >= 0.3 is 0 Å². The van der Waals surface area contributed by atoms with Crippen LogP contribution in [0.25, 0.3) is 22.6 Å². The van der Waals surface area contributed by atoms with Crippen LogP contribution in [0, 0.1) is 6.92 Å². The number of para-hydroxylation sites is 1. The Morgan fingerprint density at radius 2 is 1.67 bits per heavy atom. The molecule has 0 fully saturated rings. The van der Waals surface area contributed by atoms with Gasteiger partial charge in [-0.1, -0.05) is 42.5 Å². The van der Waals surface area contributed by atoms with E-state index in [2.05, 4.69) is 9.97 Å². The van der Waals surface area contributed by atoms with Crippen molar-refractivity contribution in [2.45, 2.75) is 6.92 Å². The first-order chi connectivity index (χ1) is 10.2. The van der Waals surface area contributed by atoms with Crippen molar-refractivity contribution < 1.29 is 0 Å². The van der Waals surface area contributed by atoms with Gasteiger partial charge in [0.05, 0.1) is 5.69 Å². The smallest absolute Gasteiger partial charge is 0.254 e. The lowest BCUT2D eigenvalue weighted by Crippen LogP contribution is -2.14. The summed E-state index contributed by atoms with van der Waals surface area (Å²) in [7, 11) is 0. The summed E-state index contributed by atoms with van der Waals surface area (Å²) in [5, 5.41) is 0. The highest BCUT2D eigenvalue weighted by Crippen LogP contribution is 2.25. The molecule has 0 aliphatic heterocycles. The Bertz CT molecular complexity index is 838. The Kier molecular flexibility index (Phi) is 3.28. The summed E-state index contributed by atoms with van der Waals surface area (Å²) in [6.07, 6.45) is 0. The van der Waals surface area contributed by atoms with Crippen LogP contribution in [0.1, 0.15) is 5.56 Å². The fraction of sp³-hybridized carbons (Fsp3) is 0.0588. The molecule has 0 atom stereocenters. The second-order valence-corrected chi connectivity index (χ2v) is 4.84. The second-order valence-electron chi connectivity index (χ2n) is 4.84. The van der Waals surface area contributed by atoms with Crippen LogP contribution in [0.2, 0.25) is 0 Å². The van der Waals surface area contributed by atoms with Crippen molar-refractivity contribution in [2.24, 2.45) is 0 Å². The Balaban J connectivity index is 2.24. The van der Waals surface area contributed by atoms with Gasteiger partial charge in [0.25, 0.3) is 5.56 Å². The molecule has 3 rings (SSSR count). The number of hydrogen-bond donors (Lipinski definition) is 2. The van der Waals surface area contributed by atoms with Crippen molar-refractivity contribution in [3.63, 3.8) is 0 Å². The molecule has 4 heteroatoms. The van der Waals surface area contributed by atoms with E-state index in [1.807, 2.05) is 48.5 Å². The standard InChI is InChI=1S/C17H15N3O/c1-11-15(12-7-3-2-4-8-12)19-16(20-17(11)21)13-9-5-6-10-14(13)18/h2-10H,18H2,1H3,(H,19,20,21). The van der Waals surface area contributed by atoms with E-state index in [1.165, 1.54) is 0 Å². The Hall–Kier alpha value is -2.88. The molecule has 0 saturated carbocycles. The average Bonchev–Trinajstić information content (AvgIpc) is 2.51. The van der Waals surface area contributed by atoms with E-state index in [0.29, 0.717) is 22.8 Å². The molecule has 3 aromatic rings. The predicted molar refractivity (Wildman–Crippen MR) is 84.9 cm³/mol. The van der Waals surface area contributed by atoms with E-state index in [-0.39, 0.29) is 5.56 Å². The first kappa shape index (κ1) is 13.1. The van der Waals surface area contributed by atoms with Gasteiger partial charge in [0.1, 0.15) is 5.82 Å². The molecule has 0 aliphatic carbocycles. The normalized spacial score (nSPS) is 10.5. The lowest BCUT2D eigenvalue weighted by Gasteiger charge is -2.09. The van der Waals surface area contributed by atoms with Crippen LogP contribution in [-0.4, -0.2) is 9.97 Å². The first-order valence-electron chi connectivity index (χ1n) is 6.68. The molecule has 0 aliphatic rings. The van der Waals surface area contributed by atoms with Crippen LogP contribution >= 0.6 is 0 Å². The number of anilines is 1.